The van der Waals surface area contributed by atoms with Crippen molar-refractivity contribution in [1.29, 1.82) is 5.26 Å². The third-order valence-electron chi connectivity index (χ3n) is 0.256. The highest BCUT2D eigenvalue weighted by Crippen LogP contribution is 1.38. The number of hydrogen-bond donors (Lipinski definition) is 1. The monoisotopic (exact) mass is 105 g/mol. The zero-order valence-corrected chi connectivity index (χ0v) is 4.29. The number of nitriles is 1. The molecule has 3 heteroatoms. The Labute approximate surface area is 43.6 Å². The quantitative estimate of drug-likeness (QED) is 0.356. The van der Waals surface area contributed by atoms with Crippen LogP contribution in [0.4, 0.5) is 0 Å². The van der Waals surface area contributed by atoms with Crippen molar-refractivity contribution in [3.8, 4) is 6.07 Å². The van der Waals surface area contributed by atoms with E-state index in [-0.39, 0.29) is 12.4 Å². The maximum Gasteiger partial charge on any atom is 0.0838 e. The first-order chi connectivity index (χ1) is 2.41. The van der Waals surface area contributed by atoms with Crippen LogP contribution >= 0.6 is 0 Å². The lowest BCUT2D eigenvalue weighted by atomic mass is 10.7. The van der Waals surface area contributed by atoms with Crippen molar-refractivity contribution in [3.05, 3.63) is 0 Å². The summed E-state index contributed by atoms with van der Waals surface area (Å²) < 4.78 is 0. The SMILES string of the molecule is CNCC#N.[Cl-]. The average molecular weight is 106 g/mol. The summed E-state index contributed by atoms with van der Waals surface area (Å²) in [6.45, 7) is 0.444. The molecule has 2 nitrogen and oxygen atoms in total. The van der Waals surface area contributed by atoms with Crippen molar-refractivity contribution in [2.45, 2.75) is 0 Å². The summed E-state index contributed by atoms with van der Waals surface area (Å²) >= 11 is 0. The van der Waals surface area contributed by atoms with Crippen LogP contribution in [-0.4, -0.2) is 13.6 Å². The van der Waals surface area contributed by atoms with E-state index in [1.54, 1.807) is 7.05 Å². The Morgan fingerprint density at radius 3 is 2.33 bits per heavy atom. The first-order valence-electron chi connectivity index (χ1n) is 1.43. The van der Waals surface area contributed by atoms with Crippen molar-refractivity contribution in [2.24, 2.45) is 0 Å². The second-order valence-electron chi connectivity index (χ2n) is 0.688. The molecule has 0 aliphatic rings. The van der Waals surface area contributed by atoms with Crippen LogP contribution < -0.4 is 17.7 Å². The molecule has 0 atom stereocenters. The molecule has 0 aliphatic carbocycles. The molecule has 0 aromatic rings. The largest absolute Gasteiger partial charge is 1.00 e. The van der Waals surface area contributed by atoms with Gasteiger partial charge in [0, 0.05) is 0 Å². The summed E-state index contributed by atoms with van der Waals surface area (Å²) in [6, 6.07) is 1.91. The molecule has 0 saturated heterocycles. The molecule has 36 valence electrons. The standard InChI is InChI=1S/C3H6N2.ClH/c1-5-3-2-4;/h5H,3H2,1H3;1H/p-1. The molecule has 0 rings (SSSR count). The van der Waals surface area contributed by atoms with E-state index in [9.17, 15) is 0 Å². The minimum Gasteiger partial charge on any atom is -1.00 e. The molecule has 0 aromatic carbocycles. The van der Waals surface area contributed by atoms with Gasteiger partial charge < -0.3 is 17.7 Å². The average Bonchev–Trinajstić information content (AvgIpc) is 1.41. The second kappa shape index (κ2) is 8.83. The maximum atomic E-state index is 7.75. The Morgan fingerprint density at radius 2 is 2.33 bits per heavy atom. The van der Waals surface area contributed by atoms with Crippen LogP contribution in [-0.2, 0) is 0 Å². The van der Waals surface area contributed by atoms with E-state index in [1.807, 2.05) is 6.07 Å². The molecule has 0 heterocycles. The highest BCUT2D eigenvalue weighted by atomic mass is 35.5. The van der Waals surface area contributed by atoms with Crippen molar-refractivity contribution in [1.82, 2.24) is 5.32 Å². The second-order valence-corrected chi connectivity index (χ2v) is 0.688. The molecule has 1 N–H and O–H groups in total. The lowest BCUT2D eigenvalue weighted by Crippen LogP contribution is -3.00. The van der Waals surface area contributed by atoms with Crippen LogP contribution in [0, 0.1) is 11.3 Å². The number of hydrogen-bond acceptors (Lipinski definition) is 2. The first kappa shape index (κ1) is 9.22. The van der Waals surface area contributed by atoms with Crippen LogP contribution in [0.15, 0.2) is 0 Å². The summed E-state index contributed by atoms with van der Waals surface area (Å²) in [4.78, 5) is 0. The van der Waals surface area contributed by atoms with Gasteiger partial charge >= 0.3 is 0 Å². The van der Waals surface area contributed by atoms with Crippen LogP contribution in [0.1, 0.15) is 0 Å². The van der Waals surface area contributed by atoms with E-state index in [0.717, 1.165) is 0 Å². The lowest BCUT2D eigenvalue weighted by molar-refractivity contribution is -0.00000140. The predicted octanol–water partition coefficient (Wildman–Crippen LogP) is -3.27. The van der Waals surface area contributed by atoms with Crippen LogP contribution in [0.5, 0.6) is 0 Å². The molecule has 0 fully saturated rings. The fourth-order valence-electron chi connectivity index (χ4n) is 0.0791. The Hall–Kier alpha value is -0.260. The highest BCUT2D eigenvalue weighted by Gasteiger charge is 1.60. The molecule has 0 amide bonds. The Kier molecular flexibility index (Phi) is 13.6. The molecule has 0 spiro atoms. The van der Waals surface area contributed by atoms with Gasteiger partial charge in [0.15, 0.2) is 0 Å². The maximum absolute atomic E-state index is 7.75. The molecule has 0 bridgehead atoms. The van der Waals surface area contributed by atoms with Gasteiger partial charge in [-0.15, -0.1) is 0 Å². The lowest BCUT2D eigenvalue weighted by Gasteiger charge is -1.73. The van der Waals surface area contributed by atoms with Gasteiger partial charge in [-0.3, -0.25) is 0 Å². The minimum absolute atomic E-state index is 0. The smallest absolute Gasteiger partial charge is 0.0838 e. The summed E-state index contributed by atoms with van der Waals surface area (Å²) in [5.74, 6) is 0. The van der Waals surface area contributed by atoms with Gasteiger partial charge in [0.25, 0.3) is 0 Å². The molecular formula is C3H6ClN2-. The number of nitrogens with one attached hydrogen (secondary N) is 1. The highest BCUT2D eigenvalue weighted by molar-refractivity contribution is 4.69. The van der Waals surface area contributed by atoms with E-state index in [2.05, 4.69) is 5.32 Å². The van der Waals surface area contributed by atoms with E-state index < -0.39 is 0 Å². The molecule has 0 unspecified atom stereocenters. The fraction of sp³-hybridized carbons (Fsp3) is 0.667. The molecule has 0 aromatic heterocycles. The Balaban J connectivity index is 0. The van der Waals surface area contributed by atoms with Gasteiger partial charge in [0.1, 0.15) is 0 Å². The Bertz CT molecular complexity index is 47.2. The van der Waals surface area contributed by atoms with E-state index in [4.69, 9.17) is 5.26 Å². The number of nitrogens with zero attached hydrogens (tertiary/aromatic N) is 1. The van der Waals surface area contributed by atoms with Crippen LogP contribution in [0.25, 0.3) is 0 Å². The normalized spacial score (nSPS) is 5.33. The molecule has 0 saturated carbocycles. The van der Waals surface area contributed by atoms with Gasteiger partial charge in [-0.05, 0) is 7.05 Å². The van der Waals surface area contributed by atoms with Crippen molar-refractivity contribution < 1.29 is 12.4 Å². The number of rotatable bonds is 1. The van der Waals surface area contributed by atoms with Gasteiger partial charge in [-0.1, -0.05) is 0 Å². The van der Waals surface area contributed by atoms with Crippen LogP contribution in [0.2, 0.25) is 0 Å². The number of halogens is 1. The minimum atomic E-state index is 0. The molecule has 0 radical (unpaired) electrons. The van der Waals surface area contributed by atoms with E-state index in [1.165, 1.54) is 0 Å². The zero-order chi connectivity index (χ0) is 4.12. The third kappa shape index (κ3) is 9.27. The first-order valence-corrected chi connectivity index (χ1v) is 1.43. The predicted molar refractivity (Wildman–Crippen MR) is 19.5 cm³/mol. The van der Waals surface area contributed by atoms with E-state index >= 15 is 0 Å². The zero-order valence-electron chi connectivity index (χ0n) is 3.53. The molecule has 0 aliphatic heterocycles. The topological polar surface area (TPSA) is 35.8 Å². The van der Waals surface area contributed by atoms with Crippen molar-refractivity contribution in [2.75, 3.05) is 13.6 Å². The van der Waals surface area contributed by atoms with Gasteiger partial charge in [-0.2, -0.15) is 5.26 Å². The van der Waals surface area contributed by atoms with Gasteiger partial charge in [0.2, 0.25) is 0 Å². The van der Waals surface area contributed by atoms with Gasteiger partial charge in [-0.25, -0.2) is 0 Å². The van der Waals surface area contributed by atoms with Crippen LogP contribution in [0.3, 0.4) is 0 Å². The molecule has 6 heavy (non-hydrogen) atoms. The summed E-state index contributed by atoms with van der Waals surface area (Å²) in [5, 5.41) is 10.4. The molecular weight excluding hydrogens is 99.5 g/mol. The van der Waals surface area contributed by atoms with Crippen molar-refractivity contribution >= 4 is 0 Å². The third-order valence-corrected chi connectivity index (χ3v) is 0.256. The summed E-state index contributed by atoms with van der Waals surface area (Å²) in [5.41, 5.74) is 0. The van der Waals surface area contributed by atoms with E-state index in [0.29, 0.717) is 6.54 Å². The Morgan fingerprint density at radius 1 is 1.83 bits per heavy atom. The fourth-order valence-corrected chi connectivity index (χ4v) is 0.0791. The van der Waals surface area contributed by atoms with Crippen molar-refractivity contribution in [3.63, 3.8) is 0 Å². The van der Waals surface area contributed by atoms with Gasteiger partial charge in [0.05, 0.1) is 12.6 Å². The summed E-state index contributed by atoms with van der Waals surface area (Å²) in [7, 11) is 1.74. The summed E-state index contributed by atoms with van der Waals surface area (Å²) in [6.07, 6.45) is 0.